The standard InChI is InChI=1S/C10H16N4O2S.ClH/c1-14(2)9(15)3-4-12-10(16)7-6-17-8(5-11)13-7;/h6H,3-5,11H2,1-2H3,(H,12,16);1H. The third kappa shape index (κ3) is 4.99. The quantitative estimate of drug-likeness (QED) is 0.813. The molecule has 102 valence electrons. The molecule has 6 nitrogen and oxygen atoms in total. The monoisotopic (exact) mass is 292 g/mol. The lowest BCUT2D eigenvalue weighted by molar-refractivity contribution is -0.128. The topological polar surface area (TPSA) is 88.3 Å². The van der Waals surface area contributed by atoms with E-state index in [1.807, 2.05) is 0 Å². The average molecular weight is 293 g/mol. The van der Waals surface area contributed by atoms with Crippen LogP contribution in [0.1, 0.15) is 21.9 Å². The van der Waals surface area contributed by atoms with Crippen molar-refractivity contribution in [3.63, 3.8) is 0 Å². The Morgan fingerprint density at radius 3 is 2.67 bits per heavy atom. The molecule has 0 unspecified atom stereocenters. The first-order chi connectivity index (χ1) is 8.04. The van der Waals surface area contributed by atoms with E-state index in [-0.39, 0.29) is 30.6 Å². The first-order valence-electron chi connectivity index (χ1n) is 5.17. The van der Waals surface area contributed by atoms with E-state index >= 15 is 0 Å². The van der Waals surface area contributed by atoms with Crippen molar-refractivity contribution >= 4 is 35.6 Å². The van der Waals surface area contributed by atoms with Crippen LogP contribution in [-0.2, 0) is 11.3 Å². The maximum absolute atomic E-state index is 11.6. The lowest BCUT2D eigenvalue weighted by Gasteiger charge is -2.09. The zero-order valence-corrected chi connectivity index (χ0v) is 11.9. The molecule has 1 rings (SSSR count). The fourth-order valence-electron chi connectivity index (χ4n) is 1.11. The number of aromatic nitrogens is 1. The van der Waals surface area contributed by atoms with Gasteiger partial charge in [0.15, 0.2) is 0 Å². The van der Waals surface area contributed by atoms with Gasteiger partial charge in [-0.2, -0.15) is 0 Å². The lowest BCUT2D eigenvalue weighted by Crippen LogP contribution is -2.30. The number of hydrogen-bond donors (Lipinski definition) is 2. The third-order valence-corrected chi connectivity index (χ3v) is 2.95. The van der Waals surface area contributed by atoms with Gasteiger partial charge in [0.05, 0.1) is 0 Å². The average Bonchev–Trinajstić information content (AvgIpc) is 2.77. The molecule has 0 fully saturated rings. The first kappa shape index (κ1) is 16.8. The minimum Gasteiger partial charge on any atom is -0.350 e. The van der Waals surface area contributed by atoms with Gasteiger partial charge in [0, 0.05) is 39.0 Å². The van der Waals surface area contributed by atoms with Crippen LogP contribution in [-0.4, -0.2) is 42.3 Å². The molecule has 1 heterocycles. The minimum absolute atomic E-state index is 0. The summed E-state index contributed by atoms with van der Waals surface area (Å²) in [5.41, 5.74) is 5.76. The Hall–Kier alpha value is -1.18. The van der Waals surface area contributed by atoms with Crippen molar-refractivity contribution in [2.24, 2.45) is 5.73 Å². The molecule has 0 bridgehead atoms. The number of thiazole rings is 1. The number of carbonyl (C=O) groups is 2. The smallest absolute Gasteiger partial charge is 0.270 e. The molecule has 0 saturated heterocycles. The van der Waals surface area contributed by atoms with Crippen LogP contribution in [0, 0.1) is 0 Å². The van der Waals surface area contributed by atoms with Gasteiger partial charge >= 0.3 is 0 Å². The molecule has 18 heavy (non-hydrogen) atoms. The fourth-order valence-corrected chi connectivity index (χ4v) is 1.76. The maximum Gasteiger partial charge on any atom is 0.270 e. The van der Waals surface area contributed by atoms with Gasteiger partial charge in [-0.1, -0.05) is 0 Å². The molecule has 1 aromatic heterocycles. The molecule has 0 spiro atoms. The predicted octanol–water partition coefficient (Wildman–Crippen LogP) is 0.232. The normalized spacial score (nSPS) is 9.50. The summed E-state index contributed by atoms with van der Waals surface area (Å²) in [6, 6.07) is 0. The van der Waals surface area contributed by atoms with Crippen LogP contribution >= 0.6 is 23.7 Å². The van der Waals surface area contributed by atoms with E-state index in [2.05, 4.69) is 10.3 Å². The highest BCUT2D eigenvalue weighted by Crippen LogP contribution is 2.08. The van der Waals surface area contributed by atoms with Crippen molar-refractivity contribution in [3.8, 4) is 0 Å². The van der Waals surface area contributed by atoms with E-state index in [1.54, 1.807) is 19.5 Å². The highest BCUT2D eigenvalue weighted by molar-refractivity contribution is 7.09. The first-order valence-corrected chi connectivity index (χ1v) is 6.05. The SMILES string of the molecule is CN(C)C(=O)CCNC(=O)c1csc(CN)n1.Cl. The zero-order chi connectivity index (χ0) is 12.8. The molecular formula is C10H17ClN4O2S. The predicted molar refractivity (Wildman–Crippen MR) is 72.9 cm³/mol. The molecule has 0 aromatic carbocycles. The van der Waals surface area contributed by atoms with E-state index in [1.165, 1.54) is 16.2 Å². The van der Waals surface area contributed by atoms with Gasteiger partial charge in [-0.3, -0.25) is 9.59 Å². The maximum atomic E-state index is 11.6. The molecule has 0 aliphatic carbocycles. The van der Waals surface area contributed by atoms with Crippen LogP contribution in [0.4, 0.5) is 0 Å². The Labute approximate surface area is 116 Å². The number of nitrogens with zero attached hydrogens (tertiary/aromatic N) is 2. The number of rotatable bonds is 5. The molecule has 1 aromatic rings. The Bertz CT molecular complexity index is 408. The molecule has 0 atom stereocenters. The van der Waals surface area contributed by atoms with Gasteiger partial charge in [0.25, 0.3) is 5.91 Å². The molecule has 0 aliphatic rings. The Morgan fingerprint density at radius 1 is 1.50 bits per heavy atom. The van der Waals surface area contributed by atoms with Crippen molar-refractivity contribution < 1.29 is 9.59 Å². The van der Waals surface area contributed by atoms with Crippen molar-refractivity contribution in [1.29, 1.82) is 0 Å². The summed E-state index contributed by atoms with van der Waals surface area (Å²) in [5, 5.41) is 5.02. The Morgan fingerprint density at radius 2 is 2.17 bits per heavy atom. The van der Waals surface area contributed by atoms with Gasteiger partial charge < -0.3 is 16.0 Å². The summed E-state index contributed by atoms with van der Waals surface area (Å²) in [5.74, 6) is -0.293. The fraction of sp³-hybridized carbons (Fsp3) is 0.500. The van der Waals surface area contributed by atoms with Crippen LogP contribution in [0.25, 0.3) is 0 Å². The van der Waals surface area contributed by atoms with E-state index in [0.29, 0.717) is 18.8 Å². The third-order valence-electron chi connectivity index (χ3n) is 2.08. The van der Waals surface area contributed by atoms with Gasteiger partial charge in [-0.25, -0.2) is 4.98 Å². The van der Waals surface area contributed by atoms with Crippen LogP contribution < -0.4 is 11.1 Å². The largest absolute Gasteiger partial charge is 0.350 e. The second-order valence-electron chi connectivity index (χ2n) is 3.62. The summed E-state index contributed by atoms with van der Waals surface area (Å²) in [4.78, 5) is 28.4. The van der Waals surface area contributed by atoms with E-state index in [9.17, 15) is 9.59 Å². The molecule has 3 N–H and O–H groups in total. The number of hydrogen-bond acceptors (Lipinski definition) is 5. The molecule has 2 amide bonds. The number of halogens is 1. The van der Waals surface area contributed by atoms with Gasteiger partial charge in [0.1, 0.15) is 10.7 Å². The van der Waals surface area contributed by atoms with Crippen molar-refractivity contribution in [2.45, 2.75) is 13.0 Å². The Balaban J connectivity index is 0.00000289. The van der Waals surface area contributed by atoms with Crippen molar-refractivity contribution in [3.05, 3.63) is 16.1 Å². The number of carbonyl (C=O) groups excluding carboxylic acids is 2. The van der Waals surface area contributed by atoms with Crippen molar-refractivity contribution in [1.82, 2.24) is 15.2 Å². The van der Waals surface area contributed by atoms with Crippen LogP contribution in [0.2, 0.25) is 0 Å². The van der Waals surface area contributed by atoms with Gasteiger partial charge in [-0.15, -0.1) is 23.7 Å². The highest BCUT2D eigenvalue weighted by atomic mass is 35.5. The molecule has 0 saturated carbocycles. The van der Waals surface area contributed by atoms with Crippen molar-refractivity contribution in [2.75, 3.05) is 20.6 Å². The lowest BCUT2D eigenvalue weighted by atomic mass is 10.3. The summed E-state index contributed by atoms with van der Waals surface area (Å²) < 4.78 is 0. The zero-order valence-electron chi connectivity index (χ0n) is 10.3. The van der Waals surface area contributed by atoms with Crippen LogP contribution in [0.5, 0.6) is 0 Å². The van der Waals surface area contributed by atoms with Crippen LogP contribution in [0.15, 0.2) is 5.38 Å². The number of nitrogens with one attached hydrogen (secondary N) is 1. The second-order valence-corrected chi connectivity index (χ2v) is 4.57. The van der Waals surface area contributed by atoms with Crippen LogP contribution in [0.3, 0.4) is 0 Å². The second kappa shape index (κ2) is 8.02. The summed E-state index contributed by atoms with van der Waals surface area (Å²) in [6.45, 7) is 0.641. The molecule has 0 aliphatic heterocycles. The summed E-state index contributed by atoms with van der Waals surface area (Å²) in [7, 11) is 3.36. The molecule has 8 heteroatoms. The van der Waals surface area contributed by atoms with Gasteiger partial charge in [-0.05, 0) is 0 Å². The van der Waals surface area contributed by atoms with E-state index < -0.39 is 0 Å². The van der Waals surface area contributed by atoms with E-state index in [0.717, 1.165) is 5.01 Å². The number of amides is 2. The minimum atomic E-state index is -0.271. The summed E-state index contributed by atoms with van der Waals surface area (Å²) in [6.07, 6.45) is 0.284. The number of nitrogens with two attached hydrogens (primary N) is 1. The molecular weight excluding hydrogens is 276 g/mol. The highest BCUT2D eigenvalue weighted by Gasteiger charge is 2.10. The Kier molecular flexibility index (Phi) is 7.49. The summed E-state index contributed by atoms with van der Waals surface area (Å²) >= 11 is 1.35. The van der Waals surface area contributed by atoms with E-state index in [4.69, 9.17) is 5.73 Å². The molecule has 0 radical (unpaired) electrons. The van der Waals surface area contributed by atoms with Gasteiger partial charge in [0.2, 0.25) is 5.91 Å².